The van der Waals surface area contributed by atoms with Crippen LogP contribution in [0.15, 0.2) is 38.9 Å². The van der Waals surface area contributed by atoms with Crippen molar-refractivity contribution in [3.8, 4) is 0 Å². The maximum Gasteiger partial charge on any atom is 0.294 e. The number of nitro groups is 1. The van der Waals surface area contributed by atoms with E-state index in [1.54, 1.807) is 10.6 Å². The van der Waals surface area contributed by atoms with Crippen LogP contribution in [0.4, 0.5) is 5.69 Å². The number of benzene rings is 1. The van der Waals surface area contributed by atoms with Crippen molar-refractivity contribution in [3.63, 3.8) is 0 Å². The molecule has 0 bridgehead atoms. The lowest BCUT2D eigenvalue weighted by Crippen LogP contribution is -2.19. The molecule has 26 heavy (non-hydrogen) atoms. The maximum atomic E-state index is 12.5. The fourth-order valence-corrected chi connectivity index (χ4v) is 5.98. The minimum atomic E-state index is -3.94. The number of ether oxygens (including phenoxy) is 1. The maximum absolute atomic E-state index is 12.5. The predicted molar refractivity (Wildman–Crippen MR) is 100 cm³/mol. The van der Waals surface area contributed by atoms with Gasteiger partial charge in [0, 0.05) is 25.8 Å². The monoisotopic (exact) mass is 433 g/mol. The Morgan fingerprint density at radius 1 is 1.31 bits per heavy atom. The van der Waals surface area contributed by atoms with Crippen molar-refractivity contribution in [1.29, 1.82) is 0 Å². The Bertz CT molecular complexity index is 1150. The van der Waals surface area contributed by atoms with Crippen molar-refractivity contribution in [1.82, 2.24) is 4.57 Å². The molecule has 0 N–H and O–H groups in total. The Balaban J connectivity index is 2.21. The van der Waals surface area contributed by atoms with Gasteiger partial charge in [0.05, 0.1) is 26.1 Å². The van der Waals surface area contributed by atoms with Crippen LogP contribution in [0, 0.1) is 10.1 Å². The van der Waals surface area contributed by atoms with Crippen LogP contribution in [0.3, 0.4) is 0 Å². The zero-order valence-corrected chi connectivity index (χ0v) is 16.5. The van der Waals surface area contributed by atoms with E-state index in [0.717, 1.165) is 22.7 Å². The number of halogens is 1. The zero-order chi connectivity index (χ0) is 18.9. The van der Waals surface area contributed by atoms with E-state index in [2.05, 4.69) is 4.40 Å². The molecule has 0 fully saturated rings. The first-order chi connectivity index (χ1) is 12.3. The third-order valence-corrected chi connectivity index (χ3v) is 7.52. The number of aromatic nitrogens is 1. The Morgan fingerprint density at radius 2 is 2.08 bits per heavy atom. The van der Waals surface area contributed by atoms with E-state index in [-0.39, 0.29) is 14.7 Å². The van der Waals surface area contributed by atoms with Gasteiger partial charge in [-0.1, -0.05) is 22.9 Å². The first-order valence-electron chi connectivity index (χ1n) is 7.15. The van der Waals surface area contributed by atoms with Crippen molar-refractivity contribution in [2.45, 2.75) is 10.8 Å². The van der Waals surface area contributed by atoms with Crippen LogP contribution in [0.2, 0.25) is 4.34 Å². The zero-order valence-electron chi connectivity index (χ0n) is 13.3. The summed E-state index contributed by atoms with van der Waals surface area (Å²) in [6, 6.07) is 7.23. The third kappa shape index (κ3) is 3.81. The molecule has 0 unspecified atom stereocenters. The number of rotatable bonds is 6. The molecule has 3 rings (SSSR count). The van der Waals surface area contributed by atoms with Crippen molar-refractivity contribution < 1.29 is 18.1 Å². The number of thiophene rings is 1. The number of methoxy groups -OCH3 is 1. The summed E-state index contributed by atoms with van der Waals surface area (Å²) in [7, 11) is -2.41. The van der Waals surface area contributed by atoms with E-state index in [1.807, 2.05) is 0 Å². The fraction of sp³-hybridized carbons (Fsp3) is 0.214. The van der Waals surface area contributed by atoms with Crippen LogP contribution in [0.1, 0.15) is 0 Å². The Hall–Kier alpha value is -1.79. The number of non-ortho nitro benzene ring substituents is 1. The van der Waals surface area contributed by atoms with Crippen LogP contribution < -0.4 is 4.80 Å². The van der Waals surface area contributed by atoms with Gasteiger partial charge in [0.15, 0.2) is 0 Å². The van der Waals surface area contributed by atoms with Crippen molar-refractivity contribution in [2.24, 2.45) is 4.40 Å². The van der Waals surface area contributed by atoms with Gasteiger partial charge in [0.2, 0.25) is 4.80 Å². The molecule has 0 spiro atoms. The highest BCUT2D eigenvalue weighted by Gasteiger charge is 2.18. The summed E-state index contributed by atoms with van der Waals surface area (Å²) >= 11 is 7.79. The van der Waals surface area contributed by atoms with Gasteiger partial charge < -0.3 is 9.30 Å². The molecule has 3 aromatic rings. The van der Waals surface area contributed by atoms with E-state index in [1.165, 1.54) is 31.4 Å². The molecule has 0 aliphatic rings. The Labute approximate surface area is 161 Å². The number of nitrogens with zero attached hydrogens (tertiary/aromatic N) is 3. The van der Waals surface area contributed by atoms with E-state index in [0.29, 0.717) is 27.7 Å². The van der Waals surface area contributed by atoms with Gasteiger partial charge in [0.25, 0.3) is 15.7 Å². The SMILES string of the molecule is COCCn1/c(=N/S(=O)(=O)c2ccc(Cl)s2)sc2cc([N+](=O)[O-])ccc21. The molecule has 8 nitrogen and oxygen atoms in total. The first kappa shape index (κ1) is 19.0. The quantitative estimate of drug-likeness (QED) is 0.438. The van der Waals surface area contributed by atoms with Crippen LogP contribution in [-0.2, 0) is 21.3 Å². The van der Waals surface area contributed by atoms with Crippen molar-refractivity contribution >= 4 is 60.2 Å². The van der Waals surface area contributed by atoms with Gasteiger partial charge in [-0.25, -0.2) is 0 Å². The fourth-order valence-electron chi connectivity index (χ4n) is 2.23. The van der Waals surface area contributed by atoms with E-state index in [9.17, 15) is 18.5 Å². The summed E-state index contributed by atoms with van der Waals surface area (Å²) in [4.78, 5) is 10.7. The predicted octanol–water partition coefficient (Wildman–Crippen LogP) is 3.26. The lowest BCUT2D eigenvalue weighted by molar-refractivity contribution is -0.384. The molecule has 2 aromatic heterocycles. The second-order valence-corrected chi connectivity index (χ2v) is 9.62. The number of hydrogen-bond donors (Lipinski definition) is 0. The van der Waals surface area contributed by atoms with E-state index >= 15 is 0 Å². The largest absolute Gasteiger partial charge is 0.383 e. The summed E-state index contributed by atoms with van der Waals surface area (Å²) < 4.78 is 36.7. The topological polar surface area (TPSA) is 104 Å². The highest BCUT2D eigenvalue weighted by atomic mass is 35.5. The van der Waals surface area contributed by atoms with Crippen LogP contribution in [-0.4, -0.2) is 31.6 Å². The lowest BCUT2D eigenvalue weighted by Gasteiger charge is -2.04. The average molecular weight is 434 g/mol. The third-order valence-electron chi connectivity index (χ3n) is 3.40. The van der Waals surface area contributed by atoms with E-state index in [4.69, 9.17) is 16.3 Å². The molecule has 0 atom stereocenters. The molecule has 138 valence electrons. The number of fused-ring (bicyclic) bond motifs is 1. The number of sulfonamides is 1. The molecule has 0 radical (unpaired) electrons. The summed E-state index contributed by atoms with van der Waals surface area (Å²) in [6.45, 7) is 0.689. The number of nitro benzene ring substituents is 1. The molecule has 0 saturated carbocycles. The molecule has 0 saturated heterocycles. The van der Waals surface area contributed by atoms with Gasteiger partial charge in [-0.05, 0) is 18.2 Å². The smallest absolute Gasteiger partial charge is 0.294 e. The molecule has 1 aromatic carbocycles. The summed E-state index contributed by atoms with van der Waals surface area (Å²) in [5.41, 5.74) is 0.577. The van der Waals surface area contributed by atoms with Crippen LogP contribution in [0.5, 0.6) is 0 Å². The van der Waals surface area contributed by atoms with Gasteiger partial charge in [-0.15, -0.1) is 15.7 Å². The van der Waals surface area contributed by atoms with Gasteiger partial charge >= 0.3 is 0 Å². The Morgan fingerprint density at radius 3 is 2.69 bits per heavy atom. The highest BCUT2D eigenvalue weighted by molar-refractivity contribution is 7.92. The standard InChI is InChI=1S/C14H12ClN3O5S3/c1-23-7-6-17-10-3-2-9(18(19)20)8-11(10)24-14(17)16-26(21,22)13-5-4-12(15)25-13/h2-5,8H,6-7H2,1H3/b16-14-. The van der Waals surface area contributed by atoms with Gasteiger partial charge in [-0.3, -0.25) is 10.1 Å². The lowest BCUT2D eigenvalue weighted by atomic mass is 10.3. The van der Waals surface area contributed by atoms with Crippen LogP contribution in [0.25, 0.3) is 10.2 Å². The summed E-state index contributed by atoms with van der Waals surface area (Å²) in [5, 5.41) is 11.0. The number of hydrogen-bond acceptors (Lipinski definition) is 7. The summed E-state index contributed by atoms with van der Waals surface area (Å²) in [6.07, 6.45) is 0. The first-order valence-corrected chi connectivity index (χ1v) is 10.6. The molecule has 0 amide bonds. The highest BCUT2D eigenvalue weighted by Crippen LogP contribution is 2.27. The van der Waals surface area contributed by atoms with E-state index < -0.39 is 14.9 Å². The average Bonchev–Trinajstić information content (AvgIpc) is 3.16. The van der Waals surface area contributed by atoms with Crippen molar-refractivity contribution in [2.75, 3.05) is 13.7 Å². The second-order valence-electron chi connectivity index (χ2n) is 5.06. The molecule has 0 aliphatic carbocycles. The molecule has 12 heteroatoms. The van der Waals surface area contributed by atoms with Gasteiger partial charge in [-0.2, -0.15) is 8.42 Å². The van der Waals surface area contributed by atoms with Crippen LogP contribution >= 0.6 is 34.3 Å². The minimum absolute atomic E-state index is 0.0317. The molecule has 2 heterocycles. The summed E-state index contributed by atoms with van der Waals surface area (Å²) in [5.74, 6) is 0. The number of thiazole rings is 1. The minimum Gasteiger partial charge on any atom is -0.383 e. The van der Waals surface area contributed by atoms with Gasteiger partial charge in [0.1, 0.15) is 4.21 Å². The van der Waals surface area contributed by atoms with Crippen molar-refractivity contribution in [3.05, 3.63) is 49.6 Å². The molecular formula is C14H12ClN3O5S3. The molecule has 0 aliphatic heterocycles. The molecular weight excluding hydrogens is 422 g/mol. The second kappa shape index (κ2) is 7.45. The normalized spacial score (nSPS) is 12.8. The Kier molecular flexibility index (Phi) is 5.44.